The summed E-state index contributed by atoms with van der Waals surface area (Å²) in [7, 11) is 1.81. The Kier molecular flexibility index (Phi) is 4.16. The maximum atomic E-state index is 12.8. The molecule has 1 atom stereocenters. The van der Waals surface area contributed by atoms with Crippen LogP contribution < -0.4 is 0 Å². The van der Waals surface area contributed by atoms with Crippen molar-refractivity contribution >= 4 is 11.9 Å². The van der Waals surface area contributed by atoms with Crippen LogP contribution in [0, 0.1) is 0 Å². The molecule has 0 spiro atoms. The summed E-state index contributed by atoms with van der Waals surface area (Å²) in [4.78, 5) is 25.5. The quantitative estimate of drug-likeness (QED) is 0.934. The fourth-order valence-corrected chi connectivity index (χ4v) is 2.82. The van der Waals surface area contributed by atoms with E-state index in [0.29, 0.717) is 12.3 Å². The van der Waals surface area contributed by atoms with E-state index in [1.54, 1.807) is 10.6 Å². The minimum atomic E-state index is -1.05. The summed E-state index contributed by atoms with van der Waals surface area (Å²) in [6.45, 7) is 0.657. The van der Waals surface area contributed by atoms with Gasteiger partial charge in [0.1, 0.15) is 5.69 Å². The Bertz CT molecular complexity index is 723. The second-order valence-electron chi connectivity index (χ2n) is 5.46. The molecule has 1 N–H and O–H groups in total. The number of hydrogen-bond acceptors (Lipinski definition) is 3. The molecule has 120 valence electrons. The molecule has 1 aromatic heterocycles. The van der Waals surface area contributed by atoms with Crippen LogP contribution in [0.15, 0.2) is 42.5 Å². The van der Waals surface area contributed by atoms with Gasteiger partial charge >= 0.3 is 5.97 Å². The van der Waals surface area contributed by atoms with Crippen molar-refractivity contribution in [2.24, 2.45) is 7.05 Å². The van der Waals surface area contributed by atoms with Gasteiger partial charge in [-0.3, -0.25) is 4.79 Å². The lowest BCUT2D eigenvalue weighted by Crippen LogP contribution is -2.52. The van der Waals surface area contributed by atoms with Crippen molar-refractivity contribution in [1.29, 1.82) is 0 Å². The van der Waals surface area contributed by atoms with Crippen LogP contribution in [0.2, 0.25) is 0 Å². The molecule has 6 nitrogen and oxygen atoms in total. The van der Waals surface area contributed by atoms with E-state index >= 15 is 0 Å². The molecule has 2 aromatic rings. The molecule has 0 unspecified atom stereocenters. The monoisotopic (exact) mass is 314 g/mol. The number of rotatable bonds is 3. The van der Waals surface area contributed by atoms with E-state index in [0.717, 1.165) is 11.3 Å². The predicted molar refractivity (Wildman–Crippen MR) is 84.1 cm³/mol. The Balaban J connectivity index is 1.91. The highest BCUT2D eigenvalue weighted by Crippen LogP contribution is 2.23. The third-order valence-electron chi connectivity index (χ3n) is 4.08. The van der Waals surface area contributed by atoms with Crippen molar-refractivity contribution in [2.45, 2.75) is 6.04 Å². The molecule has 0 radical (unpaired) electrons. The molecule has 1 aliphatic rings. The van der Waals surface area contributed by atoms with E-state index in [1.165, 1.54) is 4.90 Å². The number of carboxylic acid groups (broad SMARTS) is 1. The maximum absolute atomic E-state index is 12.8. The van der Waals surface area contributed by atoms with Gasteiger partial charge in [-0.15, -0.1) is 0 Å². The van der Waals surface area contributed by atoms with Crippen molar-refractivity contribution in [3.63, 3.8) is 0 Å². The molecule has 3 rings (SSSR count). The Hall–Kier alpha value is -2.60. The third kappa shape index (κ3) is 2.85. The van der Waals surface area contributed by atoms with Crippen molar-refractivity contribution < 1.29 is 19.4 Å². The number of nitrogens with zero attached hydrogens (tertiary/aromatic N) is 2. The minimum Gasteiger partial charge on any atom is -0.480 e. The van der Waals surface area contributed by atoms with Crippen molar-refractivity contribution in [2.75, 3.05) is 19.8 Å². The summed E-state index contributed by atoms with van der Waals surface area (Å²) < 4.78 is 6.98. The van der Waals surface area contributed by atoms with Crippen LogP contribution in [0.1, 0.15) is 10.5 Å². The largest absolute Gasteiger partial charge is 0.480 e. The second kappa shape index (κ2) is 6.26. The van der Waals surface area contributed by atoms with Crippen molar-refractivity contribution in [3.8, 4) is 11.3 Å². The highest BCUT2D eigenvalue weighted by molar-refractivity contribution is 5.96. The molecule has 1 aromatic carbocycles. The highest BCUT2D eigenvalue weighted by Gasteiger charge is 2.34. The van der Waals surface area contributed by atoms with Gasteiger partial charge < -0.3 is 19.3 Å². The highest BCUT2D eigenvalue weighted by atomic mass is 16.5. The van der Waals surface area contributed by atoms with Crippen molar-refractivity contribution in [3.05, 3.63) is 48.2 Å². The van der Waals surface area contributed by atoms with E-state index in [4.69, 9.17) is 4.74 Å². The number of aromatic nitrogens is 1. The number of ether oxygens (including phenoxy) is 1. The molecule has 0 saturated carbocycles. The fourth-order valence-electron chi connectivity index (χ4n) is 2.82. The smallest absolute Gasteiger partial charge is 0.328 e. The second-order valence-corrected chi connectivity index (χ2v) is 5.46. The van der Waals surface area contributed by atoms with Gasteiger partial charge in [-0.1, -0.05) is 30.3 Å². The first-order valence-electron chi connectivity index (χ1n) is 7.42. The number of morpholine rings is 1. The number of carbonyl (C=O) groups is 2. The summed E-state index contributed by atoms with van der Waals surface area (Å²) in [5, 5.41) is 9.28. The van der Waals surface area contributed by atoms with Crippen LogP contribution in [-0.4, -0.2) is 52.3 Å². The first kappa shape index (κ1) is 15.3. The van der Waals surface area contributed by atoms with Gasteiger partial charge in [-0.05, 0) is 17.7 Å². The summed E-state index contributed by atoms with van der Waals surface area (Å²) in [6, 6.07) is 12.4. The van der Waals surface area contributed by atoms with E-state index in [-0.39, 0.29) is 19.1 Å². The summed E-state index contributed by atoms with van der Waals surface area (Å²) in [6.07, 6.45) is 0. The lowest BCUT2D eigenvalue weighted by atomic mass is 10.2. The SMILES string of the molecule is Cn1c(C(=O)N2CCOC[C@@H]2C(=O)O)ccc1-c1ccccc1. The first-order chi connectivity index (χ1) is 11.1. The lowest BCUT2D eigenvalue weighted by Gasteiger charge is -2.32. The normalized spacial score (nSPS) is 18.0. The number of carboxylic acids is 1. The number of hydrogen-bond donors (Lipinski definition) is 1. The molecule has 1 fully saturated rings. The van der Waals surface area contributed by atoms with Crippen LogP contribution >= 0.6 is 0 Å². The molecule has 1 saturated heterocycles. The van der Waals surface area contributed by atoms with Gasteiger partial charge in [0.05, 0.1) is 13.2 Å². The molecule has 0 bridgehead atoms. The first-order valence-corrected chi connectivity index (χ1v) is 7.42. The molecular formula is C17H18N2O4. The van der Waals surface area contributed by atoms with E-state index < -0.39 is 12.0 Å². The topological polar surface area (TPSA) is 71.8 Å². The van der Waals surface area contributed by atoms with Crippen LogP contribution in [0.3, 0.4) is 0 Å². The van der Waals surface area contributed by atoms with Crippen molar-refractivity contribution in [1.82, 2.24) is 9.47 Å². The molecule has 6 heteroatoms. The number of carbonyl (C=O) groups excluding carboxylic acids is 1. The van der Waals surface area contributed by atoms with Gasteiger partial charge in [-0.2, -0.15) is 0 Å². The molecule has 1 amide bonds. The zero-order chi connectivity index (χ0) is 16.4. The summed E-state index contributed by atoms with van der Waals surface area (Å²) in [5.74, 6) is -1.33. The van der Waals surface area contributed by atoms with E-state index in [1.807, 2.05) is 43.4 Å². The van der Waals surface area contributed by atoms with Gasteiger partial charge in [0.15, 0.2) is 6.04 Å². The zero-order valence-electron chi connectivity index (χ0n) is 12.8. The summed E-state index contributed by atoms with van der Waals surface area (Å²) >= 11 is 0. The van der Waals surface area contributed by atoms with E-state index in [2.05, 4.69) is 0 Å². The molecule has 1 aliphatic heterocycles. The molecular weight excluding hydrogens is 296 g/mol. The van der Waals surface area contributed by atoms with Gasteiger partial charge in [0.2, 0.25) is 0 Å². The fraction of sp³-hybridized carbons (Fsp3) is 0.294. The maximum Gasteiger partial charge on any atom is 0.328 e. The Morgan fingerprint density at radius 1 is 1.17 bits per heavy atom. The summed E-state index contributed by atoms with van der Waals surface area (Å²) in [5.41, 5.74) is 2.39. The average Bonchev–Trinajstić information content (AvgIpc) is 2.96. The predicted octanol–water partition coefficient (Wildman–Crippen LogP) is 1.62. The van der Waals surface area contributed by atoms with Crippen LogP contribution in [0.5, 0.6) is 0 Å². The molecule has 23 heavy (non-hydrogen) atoms. The number of benzene rings is 1. The Morgan fingerprint density at radius 3 is 2.61 bits per heavy atom. The van der Waals surface area contributed by atoms with Gasteiger partial charge in [-0.25, -0.2) is 4.79 Å². The zero-order valence-corrected chi connectivity index (χ0v) is 12.8. The van der Waals surface area contributed by atoms with Gasteiger partial charge in [0, 0.05) is 19.3 Å². The Labute approximate surface area is 133 Å². The standard InChI is InChI=1S/C17H18N2O4/c1-18-13(12-5-3-2-4-6-12)7-8-14(18)16(20)19-9-10-23-11-15(19)17(21)22/h2-8,15H,9-11H2,1H3,(H,21,22)/t15-/m1/s1. The molecule has 2 heterocycles. The van der Waals surface area contributed by atoms with Crippen LogP contribution in [0.4, 0.5) is 0 Å². The van der Waals surface area contributed by atoms with Crippen LogP contribution in [0.25, 0.3) is 11.3 Å². The van der Waals surface area contributed by atoms with Gasteiger partial charge in [0.25, 0.3) is 5.91 Å². The third-order valence-corrected chi connectivity index (χ3v) is 4.08. The Morgan fingerprint density at radius 2 is 1.91 bits per heavy atom. The minimum absolute atomic E-state index is 0.0248. The number of amides is 1. The lowest BCUT2D eigenvalue weighted by molar-refractivity contribution is -0.147. The number of aliphatic carboxylic acids is 1. The van der Waals surface area contributed by atoms with E-state index in [9.17, 15) is 14.7 Å². The molecule has 0 aliphatic carbocycles. The average molecular weight is 314 g/mol. The van der Waals surface area contributed by atoms with Crippen LogP contribution in [-0.2, 0) is 16.6 Å².